The van der Waals surface area contributed by atoms with Gasteiger partial charge in [0.15, 0.2) is 11.0 Å². The van der Waals surface area contributed by atoms with Gasteiger partial charge in [-0.2, -0.15) is 4.31 Å². The maximum absolute atomic E-state index is 13.0. The minimum absolute atomic E-state index is 0.270. The summed E-state index contributed by atoms with van der Waals surface area (Å²) in [6, 6.07) is 17.2. The molecule has 8 heteroatoms. The van der Waals surface area contributed by atoms with Crippen LogP contribution in [0, 0.1) is 0 Å². The molecule has 0 saturated carbocycles. The molecule has 0 amide bonds. The van der Waals surface area contributed by atoms with E-state index in [2.05, 4.69) is 33.5 Å². The average Bonchev–Trinajstić information content (AvgIpc) is 3.20. The van der Waals surface area contributed by atoms with Crippen LogP contribution in [-0.2, 0) is 23.0 Å². The highest BCUT2D eigenvalue weighted by atomic mass is 32.2. The Morgan fingerprint density at radius 2 is 1.81 bits per heavy atom. The maximum Gasteiger partial charge on any atom is 0.243 e. The SMILES string of the molecule is C=CCSc1nnc(-c2cccc(S(=O)(=O)N(CC)CC)c2)n1CCc1ccccc1. The van der Waals surface area contributed by atoms with E-state index < -0.39 is 10.0 Å². The third-order valence-corrected chi connectivity index (χ3v) is 7.96. The van der Waals surface area contributed by atoms with E-state index in [1.165, 1.54) is 9.87 Å². The molecule has 0 bridgehead atoms. The number of thioether (sulfide) groups is 1. The minimum atomic E-state index is -3.55. The van der Waals surface area contributed by atoms with E-state index in [4.69, 9.17) is 0 Å². The first-order chi connectivity index (χ1) is 15.0. The second kappa shape index (κ2) is 10.7. The van der Waals surface area contributed by atoms with Crippen LogP contribution in [0.15, 0.2) is 77.3 Å². The van der Waals surface area contributed by atoms with Crippen molar-refractivity contribution in [3.8, 4) is 11.4 Å². The quantitative estimate of drug-likeness (QED) is 0.314. The highest BCUT2D eigenvalue weighted by Gasteiger charge is 2.23. The topological polar surface area (TPSA) is 68.1 Å². The summed E-state index contributed by atoms with van der Waals surface area (Å²) >= 11 is 1.56. The fraction of sp³-hybridized carbons (Fsp3) is 0.304. The average molecular weight is 457 g/mol. The molecule has 1 heterocycles. The van der Waals surface area contributed by atoms with Gasteiger partial charge >= 0.3 is 0 Å². The van der Waals surface area contributed by atoms with Crippen molar-refractivity contribution < 1.29 is 8.42 Å². The molecule has 164 valence electrons. The lowest BCUT2D eigenvalue weighted by atomic mass is 10.1. The third-order valence-electron chi connectivity index (χ3n) is 4.95. The van der Waals surface area contributed by atoms with Gasteiger partial charge in [-0.1, -0.05) is 74.1 Å². The molecule has 0 aliphatic rings. The lowest BCUT2D eigenvalue weighted by Crippen LogP contribution is -2.30. The summed E-state index contributed by atoms with van der Waals surface area (Å²) in [5.74, 6) is 1.39. The number of hydrogen-bond acceptors (Lipinski definition) is 5. The van der Waals surface area contributed by atoms with Crippen molar-refractivity contribution >= 4 is 21.8 Å². The van der Waals surface area contributed by atoms with Crippen LogP contribution in [0.4, 0.5) is 0 Å². The zero-order chi connectivity index (χ0) is 22.3. The van der Waals surface area contributed by atoms with E-state index in [-0.39, 0.29) is 4.90 Å². The fourth-order valence-corrected chi connectivity index (χ4v) is 5.54. The Morgan fingerprint density at radius 3 is 2.48 bits per heavy atom. The normalized spacial score (nSPS) is 11.7. The molecular weight excluding hydrogens is 428 g/mol. The van der Waals surface area contributed by atoms with Crippen molar-refractivity contribution in [2.24, 2.45) is 0 Å². The van der Waals surface area contributed by atoms with E-state index in [9.17, 15) is 8.42 Å². The van der Waals surface area contributed by atoms with Crippen LogP contribution in [0.25, 0.3) is 11.4 Å². The van der Waals surface area contributed by atoms with Crippen LogP contribution >= 0.6 is 11.8 Å². The summed E-state index contributed by atoms with van der Waals surface area (Å²) in [7, 11) is -3.55. The Labute approximate surface area is 189 Å². The molecule has 0 fully saturated rings. The number of aryl methyl sites for hydroxylation is 1. The molecule has 0 unspecified atom stereocenters. The van der Waals surface area contributed by atoms with Crippen molar-refractivity contribution in [1.29, 1.82) is 0 Å². The van der Waals surface area contributed by atoms with E-state index in [1.807, 2.05) is 44.2 Å². The predicted molar refractivity (Wildman–Crippen MR) is 127 cm³/mol. The third kappa shape index (κ3) is 5.44. The Morgan fingerprint density at radius 1 is 1.06 bits per heavy atom. The molecule has 3 aromatic rings. The van der Waals surface area contributed by atoms with Gasteiger partial charge in [0.05, 0.1) is 4.90 Å². The second-order valence-electron chi connectivity index (χ2n) is 6.91. The molecule has 31 heavy (non-hydrogen) atoms. The van der Waals surface area contributed by atoms with Crippen LogP contribution < -0.4 is 0 Å². The van der Waals surface area contributed by atoms with Crippen LogP contribution in [0.2, 0.25) is 0 Å². The Balaban J connectivity index is 1.98. The molecule has 2 aromatic carbocycles. The van der Waals surface area contributed by atoms with E-state index in [0.717, 1.165) is 22.9 Å². The number of nitrogens with zero attached hydrogens (tertiary/aromatic N) is 4. The van der Waals surface area contributed by atoms with Crippen LogP contribution in [-0.4, -0.2) is 46.3 Å². The highest BCUT2D eigenvalue weighted by Crippen LogP contribution is 2.27. The predicted octanol–water partition coefficient (Wildman–Crippen LogP) is 4.50. The van der Waals surface area contributed by atoms with E-state index >= 15 is 0 Å². The highest BCUT2D eigenvalue weighted by molar-refractivity contribution is 7.99. The van der Waals surface area contributed by atoms with Gasteiger partial charge in [0.2, 0.25) is 10.0 Å². The second-order valence-corrected chi connectivity index (χ2v) is 9.84. The molecule has 0 spiro atoms. The molecule has 0 atom stereocenters. The molecule has 0 aliphatic carbocycles. The van der Waals surface area contributed by atoms with Crippen LogP contribution in [0.1, 0.15) is 19.4 Å². The lowest BCUT2D eigenvalue weighted by Gasteiger charge is -2.19. The smallest absolute Gasteiger partial charge is 0.243 e. The first-order valence-corrected chi connectivity index (χ1v) is 12.7. The van der Waals surface area contributed by atoms with Gasteiger partial charge in [-0.3, -0.25) is 0 Å². The monoisotopic (exact) mass is 456 g/mol. The number of benzene rings is 2. The van der Waals surface area contributed by atoms with Gasteiger partial charge in [0.1, 0.15) is 0 Å². The molecule has 3 rings (SSSR count). The fourth-order valence-electron chi connectivity index (χ4n) is 3.34. The van der Waals surface area contributed by atoms with Crippen molar-refractivity contribution in [3.63, 3.8) is 0 Å². The summed E-state index contributed by atoms with van der Waals surface area (Å²) in [5.41, 5.74) is 1.96. The van der Waals surface area contributed by atoms with E-state index in [1.54, 1.807) is 30.0 Å². The molecule has 0 aliphatic heterocycles. The van der Waals surface area contributed by atoms with Crippen LogP contribution in [0.3, 0.4) is 0 Å². The Bertz CT molecular complexity index is 1110. The molecule has 0 N–H and O–H groups in total. The van der Waals surface area contributed by atoms with Gasteiger partial charge in [0.25, 0.3) is 0 Å². The number of sulfonamides is 1. The zero-order valence-corrected chi connectivity index (χ0v) is 19.6. The molecule has 6 nitrogen and oxygen atoms in total. The number of aromatic nitrogens is 3. The maximum atomic E-state index is 13.0. The largest absolute Gasteiger partial charge is 0.302 e. The molecule has 1 aromatic heterocycles. The van der Waals surface area contributed by atoms with Gasteiger partial charge in [-0.15, -0.1) is 16.8 Å². The lowest BCUT2D eigenvalue weighted by molar-refractivity contribution is 0.445. The number of rotatable bonds is 11. The first kappa shape index (κ1) is 23.2. The summed E-state index contributed by atoms with van der Waals surface area (Å²) in [6.07, 6.45) is 2.66. The van der Waals surface area contributed by atoms with Crippen molar-refractivity contribution in [3.05, 3.63) is 72.8 Å². The van der Waals surface area contributed by atoms with Gasteiger partial charge < -0.3 is 4.57 Å². The summed E-state index contributed by atoms with van der Waals surface area (Å²) in [6.45, 7) is 9.02. The van der Waals surface area contributed by atoms with Gasteiger partial charge in [0, 0.05) is 31.0 Å². The molecule has 0 radical (unpaired) electrons. The number of hydrogen-bond donors (Lipinski definition) is 0. The van der Waals surface area contributed by atoms with Crippen molar-refractivity contribution in [2.75, 3.05) is 18.8 Å². The molecular formula is C23H28N4O2S2. The zero-order valence-electron chi connectivity index (χ0n) is 17.9. The van der Waals surface area contributed by atoms with Crippen molar-refractivity contribution in [1.82, 2.24) is 19.1 Å². The van der Waals surface area contributed by atoms with Gasteiger partial charge in [-0.25, -0.2) is 8.42 Å². The van der Waals surface area contributed by atoms with Crippen LogP contribution in [0.5, 0.6) is 0 Å². The minimum Gasteiger partial charge on any atom is -0.302 e. The summed E-state index contributed by atoms with van der Waals surface area (Å²) < 4.78 is 29.5. The van der Waals surface area contributed by atoms with E-state index in [0.29, 0.717) is 25.5 Å². The standard InChI is InChI=1S/C23H28N4O2S2/c1-4-17-30-23-25-24-22(27(23)16-15-19-11-8-7-9-12-19)20-13-10-14-21(18-20)31(28,29)26(5-2)6-3/h4,7-14,18H,1,5-6,15-17H2,2-3H3. The summed E-state index contributed by atoms with van der Waals surface area (Å²) in [4.78, 5) is 0.270. The Hall–Kier alpha value is -2.42. The van der Waals surface area contributed by atoms with Crippen molar-refractivity contribution in [2.45, 2.75) is 36.9 Å². The molecule has 0 saturated heterocycles. The summed E-state index contributed by atoms with van der Waals surface area (Å²) in [5, 5.41) is 9.57. The Kier molecular flexibility index (Phi) is 8.06. The first-order valence-electron chi connectivity index (χ1n) is 10.3. The van der Waals surface area contributed by atoms with Gasteiger partial charge in [-0.05, 0) is 24.1 Å².